The fourth-order valence-electron chi connectivity index (χ4n) is 18.0. The Balaban J connectivity index is 1.05. The second kappa shape index (κ2) is 10.6. The zero-order chi connectivity index (χ0) is 39.0. The second-order valence-electron chi connectivity index (χ2n) is 22.9. The van der Waals surface area contributed by atoms with Crippen LogP contribution < -0.4 is 15.7 Å². The van der Waals surface area contributed by atoms with Gasteiger partial charge in [0.1, 0.15) is 0 Å². The van der Waals surface area contributed by atoms with Crippen LogP contribution in [-0.2, 0) is 16.2 Å². The molecule has 2 nitrogen and oxygen atoms in total. The van der Waals surface area contributed by atoms with Crippen molar-refractivity contribution in [3.63, 3.8) is 0 Å². The summed E-state index contributed by atoms with van der Waals surface area (Å²) in [5, 5.41) is 5.79. The molecular formula is C57H53BN2. The van der Waals surface area contributed by atoms with Gasteiger partial charge in [-0.2, -0.15) is 0 Å². The lowest BCUT2D eigenvalue weighted by atomic mass is 9.42. The van der Waals surface area contributed by atoms with Crippen molar-refractivity contribution in [3.8, 4) is 16.8 Å². The minimum Gasteiger partial charge on any atom is -0.376 e. The summed E-state index contributed by atoms with van der Waals surface area (Å²) >= 11 is 0. The Morgan fingerprint density at radius 3 is 1.87 bits per heavy atom. The van der Waals surface area contributed by atoms with Crippen molar-refractivity contribution in [1.29, 1.82) is 0 Å². The van der Waals surface area contributed by atoms with Gasteiger partial charge in [-0.3, -0.25) is 0 Å². The molecule has 3 aliphatic heterocycles. The maximum atomic E-state index is 2.85. The fraction of sp³-hybridized carbons (Fsp3) is 0.404. The minimum atomic E-state index is -0.114. The molecule has 3 heteroatoms. The first kappa shape index (κ1) is 32.9. The normalized spacial score (nSPS) is 32.6. The van der Waals surface area contributed by atoms with E-state index in [0.29, 0.717) is 10.8 Å². The molecule has 0 N–H and O–H groups in total. The number of hydrogen-bond acceptors (Lipinski definition) is 1. The lowest BCUT2D eigenvalue weighted by Gasteiger charge is -2.57. The van der Waals surface area contributed by atoms with Crippen molar-refractivity contribution in [2.75, 3.05) is 4.81 Å². The van der Waals surface area contributed by atoms with Gasteiger partial charge in [0.05, 0.1) is 11.0 Å². The number of hydrogen-bond donors (Lipinski definition) is 0. The highest BCUT2D eigenvalue weighted by Gasteiger charge is 2.55. The van der Waals surface area contributed by atoms with Gasteiger partial charge >= 0.3 is 6.85 Å². The van der Waals surface area contributed by atoms with Gasteiger partial charge < -0.3 is 9.38 Å². The van der Waals surface area contributed by atoms with E-state index in [1.165, 1.54) is 154 Å². The molecule has 7 aromatic rings. The molecule has 60 heavy (non-hydrogen) atoms. The van der Waals surface area contributed by atoms with E-state index in [-0.39, 0.29) is 12.3 Å². The van der Waals surface area contributed by atoms with Crippen molar-refractivity contribution in [3.05, 3.63) is 125 Å². The summed E-state index contributed by atoms with van der Waals surface area (Å²) in [6.07, 6.45) is 17.4. The van der Waals surface area contributed by atoms with Crippen LogP contribution in [0.15, 0.2) is 103 Å². The molecule has 8 fully saturated rings. The number of rotatable bonds is 2. The highest BCUT2D eigenvalue weighted by Crippen LogP contribution is 2.63. The Bertz CT molecular complexity index is 3050. The molecule has 8 bridgehead atoms. The number of aromatic nitrogens is 1. The van der Waals surface area contributed by atoms with Gasteiger partial charge in [-0.05, 0) is 203 Å². The van der Waals surface area contributed by atoms with Crippen LogP contribution in [0, 0.1) is 35.5 Å². The Morgan fingerprint density at radius 2 is 1.15 bits per heavy atom. The average Bonchev–Trinajstić information content (AvgIpc) is 3.57. The van der Waals surface area contributed by atoms with E-state index in [9.17, 15) is 0 Å². The maximum absolute atomic E-state index is 2.85. The largest absolute Gasteiger partial charge is 0.376 e. The van der Waals surface area contributed by atoms with E-state index < -0.39 is 0 Å². The van der Waals surface area contributed by atoms with Crippen molar-refractivity contribution in [1.82, 2.24) is 4.57 Å². The molecule has 11 aliphatic rings. The Kier molecular flexibility index (Phi) is 5.84. The van der Waals surface area contributed by atoms with Gasteiger partial charge in [-0.1, -0.05) is 86.6 Å². The number of fused-ring (bicyclic) bond motifs is 11. The zero-order valence-corrected chi connectivity index (χ0v) is 35.2. The maximum Gasteiger partial charge on any atom is 0.333 e. The number of para-hydroxylation sites is 2. The van der Waals surface area contributed by atoms with E-state index in [2.05, 4.69) is 126 Å². The summed E-state index contributed by atoms with van der Waals surface area (Å²) < 4.78 is 2.78. The van der Waals surface area contributed by atoms with E-state index in [4.69, 9.17) is 0 Å². The highest BCUT2D eigenvalue weighted by atomic mass is 15.1. The SMILES string of the molecule is CC1(C)c2ccccc2N2B3c4c(cc5ccccc5c4-c4cccc1c42)-n1c2ccc(C45CC6CC(CC(C6)C4)C5)cc2c2cc(C45CC6CC(CC(C6)C4)C5)cc3c21. The van der Waals surface area contributed by atoms with Crippen LogP contribution in [0.4, 0.5) is 11.4 Å². The predicted octanol–water partition coefficient (Wildman–Crippen LogP) is 12.7. The molecule has 0 spiro atoms. The van der Waals surface area contributed by atoms with Crippen LogP contribution in [0.2, 0.25) is 0 Å². The summed E-state index contributed by atoms with van der Waals surface area (Å²) in [7, 11) is 0. The molecule has 8 saturated carbocycles. The van der Waals surface area contributed by atoms with E-state index in [0.717, 1.165) is 35.5 Å². The molecule has 4 heterocycles. The molecular weight excluding hydrogens is 723 g/mol. The molecule has 1 aromatic heterocycles. The fourth-order valence-corrected chi connectivity index (χ4v) is 18.0. The third-order valence-electron chi connectivity index (χ3n) is 19.4. The third-order valence-corrected chi connectivity index (χ3v) is 19.4. The van der Waals surface area contributed by atoms with Crippen LogP contribution in [0.25, 0.3) is 49.4 Å². The van der Waals surface area contributed by atoms with Crippen molar-refractivity contribution in [2.45, 2.75) is 107 Å². The topological polar surface area (TPSA) is 8.17 Å². The summed E-state index contributed by atoms with van der Waals surface area (Å²) in [6, 6.07) is 42.3. The Labute approximate surface area is 354 Å². The van der Waals surface area contributed by atoms with E-state index in [1.54, 1.807) is 16.6 Å². The van der Waals surface area contributed by atoms with Crippen LogP contribution in [0.5, 0.6) is 0 Å². The minimum absolute atomic E-state index is 0.0845. The predicted molar refractivity (Wildman–Crippen MR) is 249 cm³/mol. The molecule has 0 saturated heterocycles. The van der Waals surface area contributed by atoms with Gasteiger partial charge in [0, 0.05) is 38.8 Å². The molecule has 18 rings (SSSR count). The molecule has 294 valence electrons. The van der Waals surface area contributed by atoms with Crippen LogP contribution in [0.3, 0.4) is 0 Å². The lowest BCUT2D eigenvalue weighted by molar-refractivity contribution is -0.00526. The zero-order valence-electron chi connectivity index (χ0n) is 35.2. The van der Waals surface area contributed by atoms with E-state index >= 15 is 0 Å². The Morgan fingerprint density at radius 1 is 0.533 bits per heavy atom. The highest BCUT2D eigenvalue weighted by molar-refractivity contribution is 6.94. The van der Waals surface area contributed by atoms with Crippen molar-refractivity contribution in [2.24, 2.45) is 35.5 Å². The molecule has 0 radical (unpaired) electrons. The van der Waals surface area contributed by atoms with Crippen LogP contribution >= 0.6 is 0 Å². The average molecular weight is 777 g/mol. The molecule has 6 aromatic carbocycles. The van der Waals surface area contributed by atoms with E-state index in [1.807, 2.05) is 0 Å². The standard InChI is InChI=1S/C57H53BN2/c1-55(2)45-11-5-6-13-49(45)60-53-42(10-7-12-46(53)55)51-41-9-4-3-8-38(41)22-50-52(51)58(60)47-25-40(57-29-35-19-36(30-57)21-37(20-35)31-57)24-44-43-23-39(14-15-48(43)59(50)54(44)47)56-26-32-16-33(27-56)18-34(17-32)28-56/h3-15,22-25,32-37H,16-21,26-31H2,1-2H3. The first-order valence-electron chi connectivity index (χ1n) is 24.0. The molecule has 0 atom stereocenters. The van der Waals surface area contributed by atoms with Gasteiger partial charge in [0.2, 0.25) is 0 Å². The molecule has 0 unspecified atom stereocenters. The molecule has 8 aliphatic carbocycles. The number of benzene rings is 6. The van der Waals surface area contributed by atoms with Crippen molar-refractivity contribution >= 4 is 61.7 Å². The van der Waals surface area contributed by atoms with Gasteiger partial charge in [-0.15, -0.1) is 0 Å². The number of anilines is 2. The summed E-state index contributed by atoms with van der Waals surface area (Å²) in [6.45, 7) is 5.02. The Hall–Kier alpha value is -4.76. The van der Waals surface area contributed by atoms with Gasteiger partial charge in [0.25, 0.3) is 0 Å². The van der Waals surface area contributed by atoms with Crippen molar-refractivity contribution < 1.29 is 0 Å². The number of nitrogens with zero attached hydrogens (tertiary/aromatic N) is 2. The summed E-state index contributed by atoms with van der Waals surface area (Å²) in [5.74, 6) is 5.54. The summed E-state index contributed by atoms with van der Waals surface area (Å²) in [5.41, 5.74) is 19.8. The lowest BCUT2D eigenvalue weighted by Crippen LogP contribution is -2.62. The summed E-state index contributed by atoms with van der Waals surface area (Å²) in [4.78, 5) is 2.85. The first-order valence-corrected chi connectivity index (χ1v) is 24.0. The quantitative estimate of drug-likeness (QED) is 0.159. The molecule has 0 amide bonds. The second-order valence-corrected chi connectivity index (χ2v) is 22.9. The smallest absolute Gasteiger partial charge is 0.333 e. The third kappa shape index (κ3) is 3.85. The van der Waals surface area contributed by atoms with Gasteiger partial charge in [0.15, 0.2) is 0 Å². The van der Waals surface area contributed by atoms with Crippen LogP contribution in [0.1, 0.15) is 113 Å². The van der Waals surface area contributed by atoms with Crippen LogP contribution in [-0.4, -0.2) is 11.4 Å². The first-order chi connectivity index (χ1) is 29.3. The van der Waals surface area contributed by atoms with Gasteiger partial charge in [-0.25, -0.2) is 0 Å². The monoisotopic (exact) mass is 776 g/mol.